The van der Waals surface area contributed by atoms with Gasteiger partial charge in [0, 0.05) is 6.54 Å². The number of hydrogen-bond donors (Lipinski definition) is 0. The van der Waals surface area contributed by atoms with Gasteiger partial charge in [0.25, 0.3) is 10.0 Å². The van der Waals surface area contributed by atoms with Gasteiger partial charge >= 0.3 is 0 Å². The highest BCUT2D eigenvalue weighted by Gasteiger charge is 2.30. The highest BCUT2D eigenvalue weighted by Crippen LogP contribution is 2.40. The summed E-state index contributed by atoms with van der Waals surface area (Å²) in [4.78, 5) is -0.0922. The maximum Gasteiger partial charge on any atom is 0.265 e. The molecule has 0 aromatic heterocycles. The fourth-order valence-electron chi connectivity index (χ4n) is 2.45. The third kappa shape index (κ3) is 3.66. The minimum absolute atomic E-state index is 0.0532. The quantitative estimate of drug-likeness (QED) is 0.710. The number of rotatable bonds is 6. The van der Waals surface area contributed by atoms with Crippen LogP contribution in [0.3, 0.4) is 0 Å². The molecule has 0 amide bonds. The van der Waals surface area contributed by atoms with Gasteiger partial charge in [-0.25, -0.2) is 8.42 Å². The summed E-state index contributed by atoms with van der Waals surface area (Å²) in [6.07, 6.45) is 0. The van der Waals surface area contributed by atoms with Gasteiger partial charge in [0.2, 0.25) is 0 Å². The van der Waals surface area contributed by atoms with Gasteiger partial charge < -0.3 is 9.47 Å². The van der Waals surface area contributed by atoms with E-state index < -0.39 is 10.0 Å². The molecule has 0 heterocycles. The van der Waals surface area contributed by atoms with E-state index in [4.69, 9.17) is 32.7 Å². The van der Waals surface area contributed by atoms with Crippen LogP contribution in [-0.2, 0) is 10.0 Å². The predicted octanol–water partition coefficient (Wildman–Crippen LogP) is 4.53. The lowest BCUT2D eigenvalue weighted by Crippen LogP contribution is -2.31. The first-order chi connectivity index (χ1) is 11.8. The predicted molar refractivity (Wildman–Crippen MR) is 101 cm³/mol. The molecule has 0 N–H and O–H groups in total. The van der Waals surface area contributed by atoms with Crippen molar-refractivity contribution in [3.63, 3.8) is 0 Å². The minimum Gasteiger partial charge on any atom is -0.495 e. The Hall–Kier alpha value is -1.63. The fourth-order valence-corrected chi connectivity index (χ4v) is 4.75. The van der Waals surface area contributed by atoms with Gasteiger partial charge in [0.15, 0.2) is 0 Å². The maximum atomic E-state index is 13.2. The zero-order valence-corrected chi connectivity index (χ0v) is 16.7. The molecule has 5 nitrogen and oxygen atoms in total. The summed E-state index contributed by atoms with van der Waals surface area (Å²) >= 11 is 12.3. The molecule has 0 spiro atoms. The molecular formula is C17H19Cl2NO4S. The van der Waals surface area contributed by atoms with Crippen LogP contribution in [0.2, 0.25) is 10.0 Å². The number of sulfonamides is 1. The van der Waals surface area contributed by atoms with Crippen LogP contribution in [0.15, 0.2) is 35.2 Å². The molecule has 0 atom stereocenters. The topological polar surface area (TPSA) is 55.8 Å². The Morgan fingerprint density at radius 2 is 1.60 bits per heavy atom. The van der Waals surface area contributed by atoms with E-state index in [1.807, 2.05) is 13.0 Å². The molecule has 0 aliphatic heterocycles. The van der Waals surface area contributed by atoms with E-state index in [0.717, 1.165) is 5.56 Å². The van der Waals surface area contributed by atoms with Crippen LogP contribution >= 0.6 is 23.2 Å². The summed E-state index contributed by atoms with van der Waals surface area (Å²) < 4.78 is 38.0. The number of nitrogens with zero attached hydrogens (tertiary/aromatic N) is 1. The second-order valence-electron chi connectivity index (χ2n) is 5.24. The van der Waals surface area contributed by atoms with Gasteiger partial charge in [-0.3, -0.25) is 4.31 Å². The van der Waals surface area contributed by atoms with Gasteiger partial charge in [-0.05, 0) is 43.7 Å². The van der Waals surface area contributed by atoms with E-state index in [0.29, 0.717) is 17.2 Å². The summed E-state index contributed by atoms with van der Waals surface area (Å²) in [6, 6.07) is 8.18. The summed E-state index contributed by atoms with van der Waals surface area (Å²) in [5, 5.41) is -0.0245. The summed E-state index contributed by atoms with van der Waals surface area (Å²) in [7, 11) is -1.03. The average molecular weight is 404 g/mol. The second kappa shape index (κ2) is 7.72. The maximum absolute atomic E-state index is 13.2. The number of hydrogen-bond acceptors (Lipinski definition) is 4. The van der Waals surface area contributed by atoms with Gasteiger partial charge in [0.05, 0.1) is 24.9 Å². The third-order valence-electron chi connectivity index (χ3n) is 3.69. The molecule has 2 aromatic rings. The van der Waals surface area contributed by atoms with Crippen molar-refractivity contribution in [2.75, 3.05) is 25.1 Å². The first-order valence-corrected chi connectivity index (χ1v) is 9.66. The fraction of sp³-hybridized carbons (Fsp3) is 0.294. The average Bonchev–Trinajstić information content (AvgIpc) is 2.57. The highest BCUT2D eigenvalue weighted by atomic mass is 35.5. The second-order valence-corrected chi connectivity index (χ2v) is 7.83. The van der Waals surface area contributed by atoms with Crippen molar-refractivity contribution >= 4 is 38.9 Å². The molecule has 0 radical (unpaired) electrons. The molecule has 0 saturated carbocycles. The number of halogens is 2. The lowest BCUT2D eigenvalue weighted by molar-refractivity contribution is 0.414. The van der Waals surface area contributed by atoms with Crippen LogP contribution in [0.5, 0.6) is 11.5 Å². The Morgan fingerprint density at radius 1 is 1.00 bits per heavy atom. The van der Waals surface area contributed by atoms with Crippen LogP contribution < -0.4 is 13.8 Å². The van der Waals surface area contributed by atoms with E-state index in [9.17, 15) is 8.42 Å². The Labute approximate surface area is 158 Å². The van der Waals surface area contributed by atoms with E-state index in [-0.39, 0.29) is 21.5 Å². The molecule has 25 heavy (non-hydrogen) atoms. The van der Waals surface area contributed by atoms with Crippen molar-refractivity contribution in [3.05, 3.63) is 45.9 Å². The normalized spacial score (nSPS) is 11.3. The smallest absolute Gasteiger partial charge is 0.265 e. The number of benzene rings is 2. The molecule has 0 unspecified atom stereocenters. The molecular weight excluding hydrogens is 385 g/mol. The third-order valence-corrected chi connectivity index (χ3v) is 6.60. The molecule has 2 aromatic carbocycles. The zero-order chi connectivity index (χ0) is 18.8. The van der Waals surface area contributed by atoms with Gasteiger partial charge in [0.1, 0.15) is 21.4 Å². The molecule has 0 bridgehead atoms. The van der Waals surface area contributed by atoms with Gasteiger partial charge in [-0.15, -0.1) is 0 Å². The van der Waals surface area contributed by atoms with Crippen molar-refractivity contribution in [2.24, 2.45) is 0 Å². The lowest BCUT2D eigenvalue weighted by atomic mass is 10.2. The van der Waals surface area contributed by atoms with Crippen LogP contribution in [0.4, 0.5) is 5.69 Å². The number of anilines is 1. The first-order valence-electron chi connectivity index (χ1n) is 7.47. The Bertz CT molecular complexity index is 884. The van der Waals surface area contributed by atoms with Crippen LogP contribution in [0.1, 0.15) is 12.5 Å². The molecule has 136 valence electrons. The Morgan fingerprint density at radius 3 is 2.16 bits per heavy atom. The number of aryl methyl sites for hydroxylation is 1. The van der Waals surface area contributed by atoms with E-state index in [1.54, 1.807) is 19.1 Å². The molecule has 0 saturated heterocycles. The van der Waals surface area contributed by atoms with Crippen molar-refractivity contribution in [2.45, 2.75) is 18.7 Å². The standard InChI is InChI=1S/C17H19Cl2NO4S/c1-5-20(12-10-11(2)6-7-13(12)23-3)25(21,22)15-9-8-14(24-4)16(18)17(15)19/h6-10H,5H2,1-4H3. The van der Waals surface area contributed by atoms with Crippen molar-refractivity contribution in [1.82, 2.24) is 0 Å². The highest BCUT2D eigenvalue weighted by molar-refractivity contribution is 7.93. The number of methoxy groups -OCH3 is 2. The van der Waals surface area contributed by atoms with Crippen LogP contribution in [0, 0.1) is 6.92 Å². The summed E-state index contributed by atoms with van der Waals surface area (Å²) in [5.41, 5.74) is 1.34. The van der Waals surface area contributed by atoms with Crippen LogP contribution in [0.25, 0.3) is 0 Å². The largest absolute Gasteiger partial charge is 0.495 e. The summed E-state index contributed by atoms with van der Waals surface area (Å²) in [6.45, 7) is 3.81. The van der Waals surface area contributed by atoms with Crippen molar-refractivity contribution < 1.29 is 17.9 Å². The van der Waals surface area contributed by atoms with E-state index in [2.05, 4.69) is 0 Å². The lowest BCUT2D eigenvalue weighted by Gasteiger charge is -2.25. The molecule has 0 fully saturated rings. The zero-order valence-electron chi connectivity index (χ0n) is 14.3. The SMILES string of the molecule is CCN(c1cc(C)ccc1OC)S(=O)(=O)c1ccc(OC)c(Cl)c1Cl. The minimum atomic E-state index is -3.95. The van der Waals surface area contributed by atoms with Crippen molar-refractivity contribution in [1.29, 1.82) is 0 Å². The van der Waals surface area contributed by atoms with Gasteiger partial charge in [-0.1, -0.05) is 29.3 Å². The molecule has 8 heteroatoms. The molecule has 0 aliphatic carbocycles. The summed E-state index contributed by atoms with van der Waals surface area (Å²) in [5.74, 6) is 0.758. The Balaban J connectivity index is 2.65. The monoisotopic (exact) mass is 403 g/mol. The van der Waals surface area contributed by atoms with E-state index in [1.165, 1.54) is 30.7 Å². The number of ether oxygens (including phenoxy) is 2. The molecule has 2 rings (SSSR count). The van der Waals surface area contributed by atoms with E-state index >= 15 is 0 Å². The first kappa shape index (κ1) is 19.7. The van der Waals surface area contributed by atoms with Gasteiger partial charge in [-0.2, -0.15) is 0 Å². The Kier molecular flexibility index (Phi) is 6.08. The van der Waals surface area contributed by atoms with Crippen LogP contribution in [-0.4, -0.2) is 29.2 Å². The molecule has 0 aliphatic rings. The van der Waals surface area contributed by atoms with Crippen molar-refractivity contribution in [3.8, 4) is 11.5 Å².